The summed E-state index contributed by atoms with van der Waals surface area (Å²) in [5, 5.41) is 13.2. The number of thiazole rings is 1. The van der Waals surface area contributed by atoms with Gasteiger partial charge >= 0.3 is 0 Å². The molecule has 1 amide bonds. The number of hydrogen-bond donors (Lipinski definition) is 2. The Labute approximate surface area is 120 Å². The highest BCUT2D eigenvalue weighted by Crippen LogP contribution is 2.27. The molecule has 0 saturated heterocycles. The maximum absolute atomic E-state index is 12.0. The van der Waals surface area contributed by atoms with Crippen LogP contribution < -0.4 is 5.32 Å². The van der Waals surface area contributed by atoms with Crippen molar-refractivity contribution in [3.8, 4) is 5.75 Å². The number of aromatic nitrogens is 1. The number of benzene rings is 1. The fourth-order valence-corrected chi connectivity index (χ4v) is 2.45. The first-order valence-electron chi connectivity index (χ1n) is 5.73. The largest absolute Gasteiger partial charge is 0.507 e. The van der Waals surface area contributed by atoms with E-state index in [9.17, 15) is 9.90 Å². The van der Waals surface area contributed by atoms with Crippen LogP contribution in [-0.4, -0.2) is 16.0 Å². The molecule has 0 atom stereocenters. The van der Waals surface area contributed by atoms with Crippen molar-refractivity contribution < 1.29 is 9.90 Å². The van der Waals surface area contributed by atoms with Crippen LogP contribution in [0.5, 0.6) is 5.75 Å². The Morgan fingerprint density at radius 1 is 1.47 bits per heavy atom. The summed E-state index contributed by atoms with van der Waals surface area (Å²) in [4.78, 5) is 17.2. The molecule has 19 heavy (non-hydrogen) atoms. The fraction of sp³-hybridized carbons (Fsp3) is 0.231. The van der Waals surface area contributed by atoms with Crippen molar-refractivity contribution in [2.45, 2.75) is 19.8 Å². The van der Waals surface area contributed by atoms with Crippen LogP contribution in [0.1, 0.15) is 35.0 Å². The number of carbonyl (C=O) groups excluding carboxylic acids is 1. The van der Waals surface area contributed by atoms with Gasteiger partial charge in [-0.25, -0.2) is 4.98 Å². The van der Waals surface area contributed by atoms with E-state index in [-0.39, 0.29) is 11.3 Å². The van der Waals surface area contributed by atoms with Crippen molar-refractivity contribution in [2.75, 3.05) is 5.32 Å². The maximum atomic E-state index is 12.0. The lowest BCUT2D eigenvalue weighted by molar-refractivity contribution is 0.102. The van der Waals surface area contributed by atoms with E-state index in [1.807, 2.05) is 0 Å². The topological polar surface area (TPSA) is 62.2 Å². The first-order valence-corrected chi connectivity index (χ1v) is 6.92. The minimum absolute atomic E-state index is 0.109. The molecular formula is C13H13ClN2O2S. The van der Waals surface area contributed by atoms with Crippen molar-refractivity contribution in [2.24, 2.45) is 0 Å². The molecule has 0 bridgehead atoms. The molecular weight excluding hydrogens is 284 g/mol. The van der Waals surface area contributed by atoms with E-state index in [0.717, 1.165) is 4.88 Å². The normalized spacial score (nSPS) is 10.7. The van der Waals surface area contributed by atoms with Gasteiger partial charge in [-0.15, -0.1) is 11.3 Å². The third-order valence-electron chi connectivity index (χ3n) is 2.52. The molecule has 100 valence electrons. The Hall–Kier alpha value is -1.59. The maximum Gasteiger partial charge on any atom is 0.261 e. The molecule has 4 nitrogen and oxygen atoms in total. The van der Waals surface area contributed by atoms with Gasteiger partial charge in [-0.05, 0) is 24.1 Å². The highest BCUT2D eigenvalue weighted by molar-refractivity contribution is 7.15. The van der Waals surface area contributed by atoms with Crippen LogP contribution in [0.3, 0.4) is 0 Å². The average Bonchev–Trinajstić information content (AvgIpc) is 2.80. The zero-order chi connectivity index (χ0) is 14.0. The molecule has 0 saturated carbocycles. The standard InChI is InChI=1S/C13H13ClN2O2S/c1-7(2)11-6-15-13(19-11)16-12(18)9-5-8(14)3-4-10(9)17/h3-7,17H,1-2H3,(H,15,16,18). The van der Waals surface area contributed by atoms with Gasteiger partial charge in [0.15, 0.2) is 5.13 Å². The SMILES string of the molecule is CC(C)c1cnc(NC(=O)c2cc(Cl)ccc2O)s1. The summed E-state index contributed by atoms with van der Waals surface area (Å²) in [5.74, 6) is -0.171. The number of halogens is 1. The van der Waals surface area contributed by atoms with E-state index in [2.05, 4.69) is 24.1 Å². The minimum Gasteiger partial charge on any atom is -0.507 e. The highest BCUT2D eigenvalue weighted by atomic mass is 35.5. The first kappa shape index (κ1) is 13.8. The van der Waals surface area contributed by atoms with Gasteiger partial charge in [0, 0.05) is 16.1 Å². The summed E-state index contributed by atoms with van der Waals surface area (Å²) >= 11 is 7.22. The third kappa shape index (κ3) is 3.24. The second kappa shape index (κ2) is 5.59. The number of phenols is 1. The summed E-state index contributed by atoms with van der Waals surface area (Å²) in [7, 11) is 0. The molecule has 0 spiro atoms. The van der Waals surface area contributed by atoms with Crippen LogP contribution >= 0.6 is 22.9 Å². The van der Waals surface area contributed by atoms with Crippen molar-refractivity contribution in [1.29, 1.82) is 0 Å². The minimum atomic E-state index is -0.426. The molecule has 1 aromatic heterocycles. The van der Waals surface area contributed by atoms with Crippen molar-refractivity contribution in [3.63, 3.8) is 0 Å². The number of rotatable bonds is 3. The second-order valence-corrected chi connectivity index (χ2v) is 5.84. The molecule has 0 fully saturated rings. The van der Waals surface area contributed by atoms with Gasteiger partial charge in [0.2, 0.25) is 0 Å². The Morgan fingerprint density at radius 3 is 2.84 bits per heavy atom. The zero-order valence-electron chi connectivity index (χ0n) is 10.5. The predicted molar refractivity (Wildman–Crippen MR) is 77.3 cm³/mol. The van der Waals surface area contributed by atoms with Gasteiger partial charge in [0.25, 0.3) is 5.91 Å². The Morgan fingerprint density at radius 2 is 2.21 bits per heavy atom. The van der Waals surface area contributed by atoms with Crippen LogP contribution in [0.2, 0.25) is 5.02 Å². The lowest BCUT2D eigenvalue weighted by Gasteiger charge is -2.04. The predicted octanol–water partition coefficient (Wildman–Crippen LogP) is 3.88. The van der Waals surface area contributed by atoms with E-state index in [0.29, 0.717) is 16.1 Å². The van der Waals surface area contributed by atoms with Gasteiger partial charge in [-0.1, -0.05) is 25.4 Å². The molecule has 2 N–H and O–H groups in total. The van der Waals surface area contributed by atoms with Gasteiger partial charge in [0.1, 0.15) is 5.75 Å². The van der Waals surface area contributed by atoms with Crippen LogP contribution in [0.15, 0.2) is 24.4 Å². The number of nitrogens with zero attached hydrogens (tertiary/aromatic N) is 1. The molecule has 2 aromatic rings. The molecule has 2 rings (SSSR count). The van der Waals surface area contributed by atoms with Crippen LogP contribution in [0.4, 0.5) is 5.13 Å². The Kier molecular flexibility index (Phi) is 4.07. The van der Waals surface area contributed by atoms with E-state index in [4.69, 9.17) is 11.6 Å². The molecule has 0 aliphatic heterocycles. The number of aromatic hydroxyl groups is 1. The first-order chi connectivity index (χ1) is 8.97. The van der Waals surface area contributed by atoms with E-state index in [1.165, 1.54) is 29.5 Å². The summed E-state index contributed by atoms with van der Waals surface area (Å²) in [5.41, 5.74) is 0.133. The Bertz CT molecular complexity index is 610. The monoisotopic (exact) mass is 296 g/mol. The van der Waals surface area contributed by atoms with E-state index >= 15 is 0 Å². The zero-order valence-corrected chi connectivity index (χ0v) is 12.0. The van der Waals surface area contributed by atoms with Gasteiger partial charge in [0.05, 0.1) is 5.56 Å². The summed E-state index contributed by atoms with van der Waals surface area (Å²) in [6.07, 6.45) is 1.74. The number of anilines is 1. The summed E-state index contributed by atoms with van der Waals surface area (Å²) in [6, 6.07) is 4.33. The van der Waals surface area contributed by atoms with Crippen molar-refractivity contribution >= 4 is 34.0 Å². The number of carbonyl (C=O) groups is 1. The van der Waals surface area contributed by atoms with Crippen LogP contribution in [0, 0.1) is 0 Å². The number of amides is 1. The molecule has 0 radical (unpaired) electrons. The third-order valence-corrected chi connectivity index (χ3v) is 3.96. The van der Waals surface area contributed by atoms with Gasteiger partial charge < -0.3 is 5.11 Å². The lowest BCUT2D eigenvalue weighted by atomic mass is 10.2. The molecule has 6 heteroatoms. The van der Waals surface area contributed by atoms with Gasteiger partial charge in [-0.3, -0.25) is 10.1 Å². The van der Waals surface area contributed by atoms with E-state index in [1.54, 1.807) is 6.20 Å². The quantitative estimate of drug-likeness (QED) is 0.903. The smallest absolute Gasteiger partial charge is 0.261 e. The molecule has 1 heterocycles. The lowest BCUT2D eigenvalue weighted by Crippen LogP contribution is -2.11. The average molecular weight is 297 g/mol. The summed E-state index contributed by atoms with van der Waals surface area (Å²) in [6.45, 7) is 4.11. The fourth-order valence-electron chi connectivity index (χ4n) is 1.47. The summed E-state index contributed by atoms with van der Waals surface area (Å²) < 4.78 is 0. The van der Waals surface area contributed by atoms with E-state index < -0.39 is 5.91 Å². The molecule has 0 unspecified atom stereocenters. The van der Waals surface area contributed by atoms with Crippen molar-refractivity contribution in [1.82, 2.24) is 4.98 Å². The number of phenolic OH excluding ortho intramolecular Hbond substituents is 1. The van der Waals surface area contributed by atoms with Crippen LogP contribution in [0.25, 0.3) is 0 Å². The van der Waals surface area contributed by atoms with Crippen LogP contribution in [-0.2, 0) is 0 Å². The second-order valence-electron chi connectivity index (χ2n) is 4.34. The molecule has 1 aromatic carbocycles. The number of hydrogen-bond acceptors (Lipinski definition) is 4. The highest BCUT2D eigenvalue weighted by Gasteiger charge is 2.14. The van der Waals surface area contributed by atoms with Gasteiger partial charge in [-0.2, -0.15) is 0 Å². The molecule has 0 aliphatic rings. The number of nitrogens with one attached hydrogen (secondary N) is 1. The Balaban J connectivity index is 2.18. The molecule has 0 aliphatic carbocycles. The van der Waals surface area contributed by atoms with Crippen molar-refractivity contribution in [3.05, 3.63) is 39.9 Å².